The van der Waals surface area contributed by atoms with Crippen LogP contribution < -0.4 is 10.6 Å². The normalized spacial score (nSPS) is 10.4. The van der Waals surface area contributed by atoms with Gasteiger partial charge < -0.3 is 10.6 Å². The van der Waals surface area contributed by atoms with Gasteiger partial charge in [-0.15, -0.1) is 0 Å². The first-order valence-corrected chi connectivity index (χ1v) is 7.49. The Morgan fingerprint density at radius 2 is 1.62 bits per heavy atom. The van der Waals surface area contributed by atoms with Crippen LogP contribution in [-0.4, -0.2) is 14.9 Å². The molecule has 2 N–H and O–H groups in total. The summed E-state index contributed by atoms with van der Waals surface area (Å²) >= 11 is 0. The molecule has 26 heavy (non-hydrogen) atoms. The Balaban J connectivity index is 1.98. The standard InChI is InChI=1S/C17H13F2N5O2/c1-10-3-2-4-11(7-10)22-16-15(24(25)26)17(21-9-20-16)23-12-5-6-13(18)14(19)8-12/h2-9H,1H3,(H2,20,21,22,23). The molecule has 0 fully saturated rings. The number of aryl methyl sites for hydroxylation is 1. The average Bonchev–Trinajstić information content (AvgIpc) is 2.58. The summed E-state index contributed by atoms with van der Waals surface area (Å²) in [5.74, 6) is -2.27. The molecule has 0 unspecified atom stereocenters. The lowest BCUT2D eigenvalue weighted by molar-refractivity contribution is -0.383. The number of rotatable bonds is 5. The van der Waals surface area contributed by atoms with E-state index in [1.807, 2.05) is 13.0 Å². The molecule has 1 aromatic heterocycles. The summed E-state index contributed by atoms with van der Waals surface area (Å²) in [5.41, 5.74) is 1.28. The molecule has 0 spiro atoms. The summed E-state index contributed by atoms with van der Waals surface area (Å²) in [4.78, 5) is 18.6. The Kier molecular flexibility index (Phi) is 4.70. The molecule has 0 saturated carbocycles. The maximum Gasteiger partial charge on any atom is 0.353 e. The molecule has 0 atom stereocenters. The second kappa shape index (κ2) is 7.09. The van der Waals surface area contributed by atoms with E-state index in [0.29, 0.717) is 5.69 Å². The molecule has 9 heteroatoms. The lowest BCUT2D eigenvalue weighted by Crippen LogP contribution is -2.05. The molecular formula is C17H13F2N5O2. The molecule has 132 valence electrons. The molecule has 0 aliphatic heterocycles. The molecule has 0 saturated heterocycles. The van der Waals surface area contributed by atoms with E-state index in [1.54, 1.807) is 18.2 Å². The highest BCUT2D eigenvalue weighted by Crippen LogP contribution is 2.33. The monoisotopic (exact) mass is 357 g/mol. The number of hydrogen-bond acceptors (Lipinski definition) is 6. The Morgan fingerprint density at radius 3 is 2.19 bits per heavy atom. The van der Waals surface area contributed by atoms with Gasteiger partial charge in [-0.2, -0.15) is 0 Å². The highest BCUT2D eigenvalue weighted by molar-refractivity contribution is 5.76. The van der Waals surface area contributed by atoms with Gasteiger partial charge in [-0.25, -0.2) is 18.7 Å². The van der Waals surface area contributed by atoms with Crippen LogP contribution in [0, 0.1) is 28.7 Å². The number of nitro groups is 1. The molecule has 0 aliphatic rings. The fourth-order valence-electron chi connectivity index (χ4n) is 2.30. The maximum absolute atomic E-state index is 13.4. The third kappa shape index (κ3) is 3.72. The van der Waals surface area contributed by atoms with Crippen LogP contribution in [0.25, 0.3) is 0 Å². The summed E-state index contributed by atoms with van der Waals surface area (Å²) in [7, 11) is 0. The minimum absolute atomic E-state index is 0.0271. The van der Waals surface area contributed by atoms with Crippen LogP contribution in [0.3, 0.4) is 0 Å². The summed E-state index contributed by atoms with van der Waals surface area (Å²) in [6.07, 6.45) is 1.13. The number of halogens is 2. The van der Waals surface area contributed by atoms with E-state index in [-0.39, 0.29) is 17.3 Å². The SMILES string of the molecule is Cc1cccc(Nc2ncnc(Nc3ccc(F)c(F)c3)c2[N+](=O)[O-])c1. The van der Waals surface area contributed by atoms with Crippen LogP contribution >= 0.6 is 0 Å². The van der Waals surface area contributed by atoms with E-state index in [0.717, 1.165) is 24.0 Å². The number of benzene rings is 2. The Bertz CT molecular complexity index is 981. The number of aromatic nitrogens is 2. The first-order valence-electron chi connectivity index (χ1n) is 7.49. The largest absolute Gasteiger partial charge is 0.353 e. The lowest BCUT2D eigenvalue weighted by Gasteiger charge is -2.10. The van der Waals surface area contributed by atoms with Crippen molar-refractivity contribution in [3.8, 4) is 0 Å². The van der Waals surface area contributed by atoms with E-state index < -0.39 is 22.2 Å². The van der Waals surface area contributed by atoms with E-state index in [4.69, 9.17) is 0 Å². The predicted octanol–water partition coefficient (Wildman–Crippen LogP) is 4.46. The van der Waals surface area contributed by atoms with Crippen molar-refractivity contribution in [1.29, 1.82) is 0 Å². The second-order valence-corrected chi connectivity index (χ2v) is 5.42. The van der Waals surface area contributed by atoms with Gasteiger partial charge in [0.2, 0.25) is 11.6 Å². The zero-order chi connectivity index (χ0) is 18.7. The highest BCUT2D eigenvalue weighted by Gasteiger charge is 2.23. The lowest BCUT2D eigenvalue weighted by atomic mass is 10.2. The summed E-state index contributed by atoms with van der Waals surface area (Å²) in [5, 5.41) is 17.0. The number of hydrogen-bond donors (Lipinski definition) is 2. The minimum atomic E-state index is -1.08. The number of anilines is 4. The minimum Gasteiger partial charge on any atom is -0.334 e. The van der Waals surface area contributed by atoms with Crippen molar-refractivity contribution in [3.05, 3.63) is 76.1 Å². The van der Waals surface area contributed by atoms with Crippen molar-refractivity contribution in [3.63, 3.8) is 0 Å². The van der Waals surface area contributed by atoms with Gasteiger partial charge in [-0.3, -0.25) is 10.1 Å². The molecule has 0 radical (unpaired) electrons. The topological polar surface area (TPSA) is 93.0 Å². The van der Waals surface area contributed by atoms with Gasteiger partial charge in [-0.05, 0) is 36.8 Å². The zero-order valence-electron chi connectivity index (χ0n) is 13.5. The molecular weight excluding hydrogens is 344 g/mol. The smallest absolute Gasteiger partial charge is 0.334 e. The molecule has 7 nitrogen and oxygen atoms in total. The van der Waals surface area contributed by atoms with Crippen molar-refractivity contribution in [1.82, 2.24) is 9.97 Å². The van der Waals surface area contributed by atoms with Crippen LogP contribution in [0.5, 0.6) is 0 Å². The van der Waals surface area contributed by atoms with Crippen LogP contribution in [0.4, 0.5) is 37.5 Å². The number of nitrogens with zero attached hydrogens (tertiary/aromatic N) is 3. The van der Waals surface area contributed by atoms with Gasteiger partial charge in [0.25, 0.3) is 0 Å². The first-order chi connectivity index (χ1) is 12.4. The fraction of sp³-hybridized carbons (Fsp3) is 0.0588. The summed E-state index contributed by atoms with van der Waals surface area (Å²) < 4.78 is 26.4. The molecule has 0 amide bonds. The highest BCUT2D eigenvalue weighted by atomic mass is 19.2. The van der Waals surface area contributed by atoms with Gasteiger partial charge in [-0.1, -0.05) is 12.1 Å². The van der Waals surface area contributed by atoms with Crippen molar-refractivity contribution in [2.75, 3.05) is 10.6 Å². The molecule has 1 heterocycles. The van der Waals surface area contributed by atoms with E-state index in [1.165, 1.54) is 6.07 Å². The maximum atomic E-state index is 13.4. The second-order valence-electron chi connectivity index (χ2n) is 5.42. The van der Waals surface area contributed by atoms with Crippen LogP contribution in [0.2, 0.25) is 0 Å². The summed E-state index contributed by atoms with van der Waals surface area (Å²) in [6.45, 7) is 1.88. The summed E-state index contributed by atoms with van der Waals surface area (Å²) in [6, 6.07) is 10.3. The van der Waals surface area contributed by atoms with Crippen LogP contribution in [-0.2, 0) is 0 Å². The Hall–Kier alpha value is -3.62. The van der Waals surface area contributed by atoms with E-state index in [9.17, 15) is 18.9 Å². The third-order valence-electron chi connectivity index (χ3n) is 3.47. The number of nitrogens with one attached hydrogen (secondary N) is 2. The van der Waals surface area contributed by atoms with Gasteiger partial charge in [0.15, 0.2) is 11.6 Å². The quantitative estimate of drug-likeness (QED) is 0.517. The molecule has 3 aromatic rings. The van der Waals surface area contributed by atoms with Crippen LogP contribution in [0.15, 0.2) is 48.8 Å². The van der Waals surface area contributed by atoms with Gasteiger partial charge in [0.1, 0.15) is 6.33 Å². The van der Waals surface area contributed by atoms with E-state index in [2.05, 4.69) is 20.6 Å². The Morgan fingerprint density at radius 1 is 0.962 bits per heavy atom. The molecule has 3 rings (SSSR count). The fourth-order valence-corrected chi connectivity index (χ4v) is 2.30. The third-order valence-corrected chi connectivity index (χ3v) is 3.47. The van der Waals surface area contributed by atoms with Crippen molar-refractivity contribution < 1.29 is 13.7 Å². The van der Waals surface area contributed by atoms with Gasteiger partial charge in [0.05, 0.1) is 4.92 Å². The Labute approximate surface area is 146 Å². The molecule has 2 aromatic carbocycles. The average molecular weight is 357 g/mol. The molecule has 0 bridgehead atoms. The zero-order valence-corrected chi connectivity index (χ0v) is 13.5. The van der Waals surface area contributed by atoms with Gasteiger partial charge in [0, 0.05) is 17.4 Å². The van der Waals surface area contributed by atoms with Crippen LogP contribution in [0.1, 0.15) is 5.56 Å². The first kappa shape index (κ1) is 17.2. The van der Waals surface area contributed by atoms with Crippen molar-refractivity contribution in [2.45, 2.75) is 6.92 Å². The predicted molar refractivity (Wildman–Crippen MR) is 92.8 cm³/mol. The van der Waals surface area contributed by atoms with Gasteiger partial charge >= 0.3 is 5.69 Å². The van der Waals surface area contributed by atoms with E-state index >= 15 is 0 Å². The van der Waals surface area contributed by atoms with Crippen molar-refractivity contribution in [2.24, 2.45) is 0 Å². The van der Waals surface area contributed by atoms with Crippen molar-refractivity contribution >= 4 is 28.7 Å². The molecule has 0 aliphatic carbocycles.